The zero-order valence-corrected chi connectivity index (χ0v) is 5.63. The number of hydrogen-bond donors (Lipinski definition) is 1. The van der Waals surface area contributed by atoms with Crippen LogP contribution < -0.4 is 0 Å². The molecule has 0 radical (unpaired) electrons. The van der Waals surface area contributed by atoms with E-state index >= 15 is 0 Å². The first-order valence-corrected chi connectivity index (χ1v) is 4.07. The molecule has 0 aliphatic heterocycles. The lowest BCUT2D eigenvalue weighted by Gasteiger charge is -1.88. The van der Waals surface area contributed by atoms with Gasteiger partial charge in [0, 0.05) is 12.4 Å². The second kappa shape index (κ2) is 6.60. The van der Waals surface area contributed by atoms with Gasteiger partial charge in [-0.05, 0) is 23.5 Å². The van der Waals surface area contributed by atoms with E-state index in [1.807, 2.05) is 0 Å². The maximum atomic E-state index is 8.24. The third-order valence-electron chi connectivity index (χ3n) is 0.630. The van der Waals surface area contributed by atoms with Crippen LogP contribution in [0.4, 0.5) is 0 Å². The van der Waals surface area contributed by atoms with E-state index in [-0.39, 0.29) is 6.61 Å². The fraction of sp³-hybridized carbons (Fsp3) is 1.00. The Balaban J connectivity index is 2.45. The summed E-state index contributed by atoms with van der Waals surface area (Å²) in [5.41, 5.74) is 0. The Labute approximate surface area is 52.6 Å². The van der Waals surface area contributed by atoms with Gasteiger partial charge >= 0.3 is 0 Å². The molecule has 0 bridgehead atoms. The number of aliphatic hydroxyl groups excluding tert-OH is 1. The van der Waals surface area contributed by atoms with Crippen molar-refractivity contribution in [3.63, 3.8) is 0 Å². The molecule has 7 heavy (non-hydrogen) atoms. The van der Waals surface area contributed by atoms with Crippen LogP contribution in [0.15, 0.2) is 0 Å². The number of halogens is 1. The first kappa shape index (κ1) is 7.60. The lowest BCUT2D eigenvalue weighted by molar-refractivity contribution is 0.287. The van der Waals surface area contributed by atoms with E-state index < -0.39 is 0 Å². The Hall–Kier alpha value is 0.600. The summed E-state index contributed by atoms with van der Waals surface area (Å²) >= 11 is 0. The first-order chi connectivity index (χ1) is 3.41. The topological polar surface area (TPSA) is 20.2 Å². The fourth-order valence-corrected chi connectivity index (χ4v) is 0.909. The third kappa shape index (κ3) is 6.60. The minimum atomic E-state index is 0.289. The molecule has 0 aromatic heterocycles. The molecule has 0 aromatic rings. The highest BCUT2D eigenvalue weighted by Crippen LogP contribution is 2.07. The van der Waals surface area contributed by atoms with Crippen LogP contribution in [0.25, 0.3) is 0 Å². The lowest BCUT2D eigenvalue weighted by atomic mass is 10.4. The van der Waals surface area contributed by atoms with Crippen LogP contribution in [0.5, 0.6) is 0 Å². The molecule has 44 valence electrons. The average Bonchev–Trinajstić information content (AvgIpc) is 1.69. The van der Waals surface area contributed by atoms with Gasteiger partial charge in [-0.3, -0.25) is 0 Å². The molecule has 0 saturated heterocycles. The summed E-state index contributed by atoms with van der Waals surface area (Å²) < 4.78 is 0. The van der Waals surface area contributed by atoms with E-state index in [1.165, 1.54) is 11.0 Å². The van der Waals surface area contributed by atoms with Crippen LogP contribution in [0.3, 0.4) is 0 Å². The van der Waals surface area contributed by atoms with Crippen molar-refractivity contribution in [3.05, 3.63) is 0 Å². The van der Waals surface area contributed by atoms with E-state index in [9.17, 15) is 0 Å². The molecular weight excluding hydrogens is 132 g/mol. The highest BCUT2D eigenvalue weighted by Gasteiger charge is 1.82. The van der Waals surface area contributed by atoms with Crippen LogP contribution in [-0.4, -0.2) is 17.5 Å². The van der Waals surface area contributed by atoms with Gasteiger partial charge in [0.05, 0.1) is 0 Å². The molecule has 0 aliphatic carbocycles. The molecule has 0 saturated carbocycles. The largest absolute Gasteiger partial charge is 0.396 e. The van der Waals surface area contributed by atoms with Crippen molar-refractivity contribution < 1.29 is 5.11 Å². The SMILES string of the molecule is OCCCCSCl. The van der Waals surface area contributed by atoms with E-state index in [0.717, 1.165) is 18.6 Å². The molecule has 0 fully saturated rings. The Morgan fingerprint density at radius 3 is 2.57 bits per heavy atom. The van der Waals surface area contributed by atoms with Crippen molar-refractivity contribution in [2.75, 3.05) is 12.4 Å². The number of unbranched alkanes of at least 4 members (excludes halogenated alkanes) is 1. The molecule has 1 nitrogen and oxygen atoms in total. The van der Waals surface area contributed by atoms with Gasteiger partial charge in [0.25, 0.3) is 0 Å². The third-order valence-corrected chi connectivity index (χ3v) is 1.54. The molecule has 0 atom stereocenters. The maximum absolute atomic E-state index is 8.24. The predicted octanol–water partition coefficient (Wildman–Crippen LogP) is 1.65. The van der Waals surface area contributed by atoms with E-state index in [0.29, 0.717) is 0 Å². The Kier molecular flexibility index (Phi) is 7.17. The molecular formula is C4H9ClOS. The van der Waals surface area contributed by atoms with Crippen molar-refractivity contribution in [2.45, 2.75) is 12.8 Å². The maximum Gasteiger partial charge on any atom is 0.0431 e. The summed E-state index contributed by atoms with van der Waals surface area (Å²) in [7, 11) is 6.57. The highest BCUT2D eigenvalue weighted by atomic mass is 35.7. The average molecular weight is 141 g/mol. The summed E-state index contributed by atoms with van der Waals surface area (Å²) in [4.78, 5) is 0. The van der Waals surface area contributed by atoms with Gasteiger partial charge in [-0.15, -0.1) is 0 Å². The van der Waals surface area contributed by atoms with Crippen molar-refractivity contribution in [3.8, 4) is 0 Å². The Bertz CT molecular complexity index is 30.9. The van der Waals surface area contributed by atoms with Crippen molar-refractivity contribution in [1.29, 1.82) is 0 Å². The molecule has 0 rings (SSSR count). The summed E-state index contributed by atoms with van der Waals surface area (Å²) in [6.07, 6.45) is 1.89. The van der Waals surface area contributed by atoms with Crippen LogP contribution >= 0.6 is 21.7 Å². The summed E-state index contributed by atoms with van der Waals surface area (Å²) in [5.74, 6) is 0.947. The van der Waals surface area contributed by atoms with Crippen LogP contribution in [0.2, 0.25) is 0 Å². The van der Waals surface area contributed by atoms with Gasteiger partial charge in [0.15, 0.2) is 0 Å². The first-order valence-electron chi connectivity index (χ1n) is 2.26. The molecule has 0 spiro atoms. The van der Waals surface area contributed by atoms with Crippen LogP contribution in [-0.2, 0) is 0 Å². The van der Waals surface area contributed by atoms with Crippen molar-refractivity contribution in [1.82, 2.24) is 0 Å². The summed E-state index contributed by atoms with van der Waals surface area (Å²) in [5, 5.41) is 8.24. The predicted molar refractivity (Wildman–Crippen MR) is 34.6 cm³/mol. The molecule has 0 unspecified atom stereocenters. The van der Waals surface area contributed by atoms with Crippen LogP contribution in [0, 0.1) is 0 Å². The number of aliphatic hydroxyl groups is 1. The molecule has 0 heterocycles. The highest BCUT2D eigenvalue weighted by molar-refractivity contribution is 8.21. The van der Waals surface area contributed by atoms with Gasteiger partial charge in [-0.25, -0.2) is 0 Å². The van der Waals surface area contributed by atoms with Gasteiger partial charge in [0.1, 0.15) is 0 Å². The zero-order valence-electron chi connectivity index (χ0n) is 4.06. The van der Waals surface area contributed by atoms with Crippen molar-refractivity contribution in [2.24, 2.45) is 0 Å². The van der Waals surface area contributed by atoms with Crippen LogP contribution in [0.1, 0.15) is 12.8 Å². The molecule has 3 heteroatoms. The molecule has 0 amide bonds. The molecule has 0 aliphatic rings. The smallest absolute Gasteiger partial charge is 0.0431 e. The van der Waals surface area contributed by atoms with E-state index in [1.54, 1.807) is 0 Å². The summed E-state index contributed by atoms with van der Waals surface area (Å²) in [6, 6.07) is 0. The van der Waals surface area contributed by atoms with Gasteiger partial charge < -0.3 is 5.11 Å². The molecule has 0 aromatic carbocycles. The number of hydrogen-bond acceptors (Lipinski definition) is 2. The van der Waals surface area contributed by atoms with Gasteiger partial charge in [-0.2, -0.15) is 0 Å². The molecule has 1 N–H and O–H groups in total. The second-order valence-electron chi connectivity index (χ2n) is 1.24. The minimum Gasteiger partial charge on any atom is -0.396 e. The standard InChI is InChI=1S/C4H9ClOS/c5-7-4-2-1-3-6/h6H,1-4H2. The second-order valence-corrected chi connectivity index (χ2v) is 2.53. The van der Waals surface area contributed by atoms with Gasteiger partial charge in [-0.1, -0.05) is 11.0 Å². The Morgan fingerprint density at radius 1 is 1.43 bits per heavy atom. The minimum absolute atomic E-state index is 0.289. The summed E-state index contributed by atoms with van der Waals surface area (Å²) in [6.45, 7) is 0.289. The number of rotatable bonds is 4. The monoisotopic (exact) mass is 140 g/mol. The normalized spacial score (nSPS) is 9.43. The van der Waals surface area contributed by atoms with Crippen molar-refractivity contribution >= 4 is 21.7 Å². The van der Waals surface area contributed by atoms with E-state index in [2.05, 4.69) is 0 Å². The van der Waals surface area contributed by atoms with E-state index in [4.69, 9.17) is 15.8 Å². The van der Waals surface area contributed by atoms with Gasteiger partial charge in [0.2, 0.25) is 0 Å². The zero-order chi connectivity index (χ0) is 5.54. The fourth-order valence-electron chi connectivity index (χ4n) is 0.268. The lowest BCUT2D eigenvalue weighted by Crippen LogP contribution is -1.82. The Morgan fingerprint density at radius 2 is 2.14 bits per heavy atom. The quantitative estimate of drug-likeness (QED) is 0.600.